The van der Waals surface area contributed by atoms with E-state index in [1.165, 1.54) is 0 Å². The molecule has 0 bridgehead atoms. The van der Waals surface area contributed by atoms with E-state index in [1.807, 2.05) is 7.05 Å². The van der Waals surface area contributed by atoms with Crippen LogP contribution in [0.25, 0.3) is 0 Å². The van der Waals surface area contributed by atoms with Crippen LogP contribution in [0.15, 0.2) is 18.2 Å². The average molecular weight is 251 g/mol. The van der Waals surface area contributed by atoms with Crippen LogP contribution in [0, 0.1) is 0 Å². The van der Waals surface area contributed by atoms with E-state index < -0.39 is 5.97 Å². The van der Waals surface area contributed by atoms with E-state index in [1.54, 1.807) is 25.3 Å². The van der Waals surface area contributed by atoms with Gasteiger partial charge in [-0.15, -0.1) is 0 Å². The number of likely N-dealkylation sites (tertiary alicyclic amines) is 1. The van der Waals surface area contributed by atoms with E-state index in [0.29, 0.717) is 17.1 Å². The highest BCUT2D eigenvalue weighted by molar-refractivity contribution is 5.72. The van der Waals surface area contributed by atoms with E-state index >= 15 is 0 Å². The highest BCUT2D eigenvalue weighted by Crippen LogP contribution is 2.33. The van der Waals surface area contributed by atoms with Crippen LogP contribution in [0.3, 0.4) is 0 Å². The Morgan fingerprint density at radius 3 is 2.78 bits per heavy atom. The van der Waals surface area contributed by atoms with Crippen LogP contribution in [0.2, 0.25) is 0 Å². The molecule has 18 heavy (non-hydrogen) atoms. The Morgan fingerprint density at radius 1 is 1.50 bits per heavy atom. The van der Waals surface area contributed by atoms with Gasteiger partial charge in [0.05, 0.1) is 13.5 Å². The van der Waals surface area contributed by atoms with Gasteiger partial charge in [0, 0.05) is 18.7 Å². The highest BCUT2D eigenvalue weighted by Gasteiger charge is 2.27. The zero-order valence-corrected chi connectivity index (χ0v) is 10.5. The van der Waals surface area contributed by atoms with E-state index in [4.69, 9.17) is 14.6 Å². The smallest absolute Gasteiger partial charge is 0.307 e. The fraction of sp³-hybridized carbons (Fsp3) is 0.462. The van der Waals surface area contributed by atoms with Crippen LogP contribution in [-0.4, -0.2) is 49.3 Å². The first kappa shape index (κ1) is 12.7. The average Bonchev–Trinajstić information content (AvgIpc) is 2.28. The maximum absolute atomic E-state index is 10.8. The predicted octanol–water partition coefficient (Wildman–Crippen LogP) is 1.02. The van der Waals surface area contributed by atoms with E-state index in [9.17, 15) is 4.79 Å². The quantitative estimate of drug-likeness (QED) is 0.846. The summed E-state index contributed by atoms with van der Waals surface area (Å²) in [5, 5.41) is 8.90. The number of carbonyl (C=O) groups is 1. The van der Waals surface area contributed by atoms with Gasteiger partial charge >= 0.3 is 5.97 Å². The van der Waals surface area contributed by atoms with Crippen LogP contribution in [0.4, 0.5) is 0 Å². The number of ether oxygens (including phenoxy) is 2. The van der Waals surface area contributed by atoms with Crippen molar-refractivity contribution in [3.05, 3.63) is 23.8 Å². The molecular formula is C13H17NO4. The van der Waals surface area contributed by atoms with Crippen LogP contribution in [-0.2, 0) is 11.2 Å². The molecule has 2 rings (SSSR count). The first-order valence-corrected chi connectivity index (χ1v) is 5.83. The summed E-state index contributed by atoms with van der Waals surface area (Å²) in [6.07, 6.45) is 0.0496. The normalized spacial score (nSPS) is 16.1. The van der Waals surface area contributed by atoms with Crippen LogP contribution in [0.1, 0.15) is 5.56 Å². The molecule has 5 heteroatoms. The lowest BCUT2D eigenvalue weighted by Gasteiger charge is -2.36. The number of methoxy groups -OCH3 is 1. The number of para-hydroxylation sites is 1. The number of carboxylic acid groups (broad SMARTS) is 1. The second-order valence-electron chi connectivity index (χ2n) is 4.48. The number of likely N-dealkylation sites (N-methyl/N-ethyl adjacent to an activating group) is 1. The number of hydrogen-bond donors (Lipinski definition) is 1. The Bertz CT molecular complexity index is 441. The number of hydrogen-bond acceptors (Lipinski definition) is 4. The molecule has 1 aromatic carbocycles. The van der Waals surface area contributed by atoms with Crippen molar-refractivity contribution >= 4 is 5.97 Å². The van der Waals surface area contributed by atoms with Gasteiger partial charge < -0.3 is 14.6 Å². The molecule has 0 unspecified atom stereocenters. The number of benzene rings is 1. The first-order valence-electron chi connectivity index (χ1n) is 5.83. The van der Waals surface area contributed by atoms with Crippen molar-refractivity contribution in [3.8, 4) is 11.5 Å². The zero-order chi connectivity index (χ0) is 13.1. The Balaban J connectivity index is 2.20. The van der Waals surface area contributed by atoms with Gasteiger partial charge in [0.15, 0.2) is 11.5 Å². The molecule has 0 spiro atoms. The SMILES string of the molecule is COc1cccc(CC(=O)O)c1OC1CN(C)C1. The van der Waals surface area contributed by atoms with E-state index in [2.05, 4.69) is 4.90 Å². The predicted molar refractivity (Wildman–Crippen MR) is 66.2 cm³/mol. The number of aliphatic carboxylic acids is 1. The summed E-state index contributed by atoms with van der Waals surface area (Å²) in [7, 11) is 3.57. The van der Waals surface area contributed by atoms with E-state index in [0.717, 1.165) is 13.1 Å². The van der Waals surface area contributed by atoms with Gasteiger partial charge in [-0.3, -0.25) is 9.69 Å². The minimum atomic E-state index is -0.876. The molecule has 1 aromatic rings. The third-order valence-electron chi connectivity index (χ3n) is 2.94. The summed E-state index contributed by atoms with van der Waals surface area (Å²) < 4.78 is 11.1. The standard InChI is InChI=1S/C13H17NO4/c1-14-7-10(8-14)18-13-9(6-12(15)16)4-3-5-11(13)17-2/h3-5,10H,6-8H2,1-2H3,(H,15,16). The van der Waals surface area contributed by atoms with Crippen molar-refractivity contribution in [1.82, 2.24) is 4.90 Å². The molecular weight excluding hydrogens is 234 g/mol. The Hall–Kier alpha value is -1.75. The molecule has 1 heterocycles. The van der Waals surface area contributed by atoms with Crippen LogP contribution < -0.4 is 9.47 Å². The van der Waals surface area contributed by atoms with Crippen molar-refractivity contribution in [3.63, 3.8) is 0 Å². The van der Waals surface area contributed by atoms with Gasteiger partial charge in [0.2, 0.25) is 0 Å². The Morgan fingerprint density at radius 2 is 2.22 bits per heavy atom. The van der Waals surface area contributed by atoms with Gasteiger partial charge in [-0.1, -0.05) is 12.1 Å². The Labute approximate surface area is 106 Å². The van der Waals surface area contributed by atoms with Crippen molar-refractivity contribution in [2.24, 2.45) is 0 Å². The lowest BCUT2D eigenvalue weighted by Crippen LogP contribution is -2.51. The molecule has 5 nitrogen and oxygen atoms in total. The maximum Gasteiger partial charge on any atom is 0.307 e. The summed E-state index contributed by atoms with van der Waals surface area (Å²) in [6, 6.07) is 5.31. The molecule has 1 saturated heterocycles. The molecule has 0 aromatic heterocycles. The summed E-state index contributed by atoms with van der Waals surface area (Å²) in [4.78, 5) is 13.0. The van der Waals surface area contributed by atoms with Crippen LogP contribution >= 0.6 is 0 Å². The van der Waals surface area contributed by atoms with Crippen molar-refractivity contribution in [2.75, 3.05) is 27.2 Å². The molecule has 0 radical (unpaired) electrons. The fourth-order valence-corrected chi connectivity index (χ4v) is 2.04. The monoisotopic (exact) mass is 251 g/mol. The minimum absolute atomic E-state index is 0.0604. The van der Waals surface area contributed by atoms with Crippen LogP contribution in [0.5, 0.6) is 11.5 Å². The summed E-state index contributed by atoms with van der Waals surface area (Å²) in [5.41, 5.74) is 0.649. The van der Waals surface area contributed by atoms with E-state index in [-0.39, 0.29) is 12.5 Å². The van der Waals surface area contributed by atoms with Crippen molar-refractivity contribution < 1.29 is 19.4 Å². The molecule has 0 aliphatic carbocycles. The topological polar surface area (TPSA) is 59.0 Å². The maximum atomic E-state index is 10.8. The first-order chi connectivity index (χ1) is 8.60. The van der Waals surface area contributed by atoms with Gasteiger partial charge in [-0.2, -0.15) is 0 Å². The molecule has 0 amide bonds. The molecule has 1 fully saturated rings. The molecule has 0 atom stereocenters. The zero-order valence-electron chi connectivity index (χ0n) is 10.5. The minimum Gasteiger partial charge on any atom is -0.493 e. The molecule has 0 saturated carbocycles. The van der Waals surface area contributed by atoms with Crippen molar-refractivity contribution in [1.29, 1.82) is 0 Å². The Kier molecular flexibility index (Phi) is 3.72. The number of rotatable bonds is 5. The molecule has 98 valence electrons. The summed E-state index contributed by atoms with van der Waals surface area (Å²) >= 11 is 0. The van der Waals surface area contributed by atoms with Gasteiger partial charge in [-0.05, 0) is 13.1 Å². The largest absolute Gasteiger partial charge is 0.493 e. The van der Waals surface area contributed by atoms with Gasteiger partial charge in [-0.25, -0.2) is 0 Å². The molecule has 1 aliphatic rings. The second-order valence-corrected chi connectivity index (χ2v) is 4.48. The number of carboxylic acids is 1. The lowest BCUT2D eigenvalue weighted by molar-refractivity contribution is -0.136. The van der Waals surface area contributed by atoms with Gasteiger partial charge in [0.25, 0.3) is 0 Å². The lowest BCUT2D eigenvalue weighted by atomic mass is 10.1. The summed E-state index contributed by atoms with van der Waals surface area (Å²) in [6.45, 7) is 1.70. The summed E-state index contributed by atoms with van der Waals surface area (Å²) in [5.74, 6) is 0.266. The number of nitrogens with zero attached hydrogens (tertiary/aromatic N) is 1. The second kappa shape index (κ2) is 5.27. The third-order valence-corrected chi connectivity index (χ3v) is 2.94. The van der Waals surface area contributed by atoms with Crippen molar-refractivity contribution in [2.45, 2.75) is 12.5 Å². The highest BCUT2D eigenvalue weighted by atomic mass is 16.5. The van der Waals surface area contributed by atoms with Gasteiger partial charge in [0.1, 0.15) is 6.10 Å². The molecule has 1 aliphatic heterocycles. The third kappa shape index (κ3) is 2.73. The molecule has 1 N–H and O–H groups in total. The fourth-order valence-electron chi connectivity index (χ4n) is 2.04.